The smallest absolute Gasteiger partial charge is 0.243 e. The van der Waals surface area contributed by atoms with E-state index in [1.165, 1.54) is 4.31 Å². The van der Waals surface area contributed by atoms with Gasteiger partial charge < -0.3 is 10.2 Å². The largest absolute Gasteiger partial charge is 0.354 e. The first-order chi connectivity index (χ1) is 13.1. The minimum atomic E-state index is -3.59. The van der Waals surface area contributed by atoms with Gasteiger partial charge in [0.15, 0.2) is 0 Å². The van der Waals surface area contributed by atoms with E-state index in [1.807, 2.05) is 32.9 Å². The third-order valence-corrected chi connectivity index (χ3v) is 6.94. The van der Waals surface area contributed by atoms with E-state index in [4.69, 9.17) is 0 Å². The molecule has 1 aromatic carbocycles. The van der Waals surface area contributed by atoms with Crippen molar-refractivity contribution in [2.24, 2.45) is 5.92 Å². The van der Waals surface area contributed by atoms with E-state index in [9.17, 15) is 13.2 Å². The number of amides is 1. The van der Waals surface area contributed by atoms with Crippen molar-refractivity contribution in [2.45, 2.75) is 52.5 Å². The van der Waals surface area contributed by atoms with Crippen LogP contribution in [0.25, 0.3) is 0 Å². The van der Waals surface area contributed by atoms with E-state index >= 15 is 0 Å². The Morgan fingerprint density at radius 1 is 1.25 bits per heavy atom. The fourth-order valence-corrected chi connectivity index (χ4v) is 4.99. The molecule has 0 saturated carbocycles. The molecule has 1 saturated heterocycles. The molecule has 6 nitrogen and oxygen atoms in total. The first-order valence-electron chi connectivity index (χ1n) is 10.2. The molecule has 1 atom stereocenters. The second kappa shape index (κ2) is 9.74. The third kappa shape index (κ3) is 5.95. The molecular weight excluding hydrogens is 374 g/mol. The van der Waals surface area contributed by atoms with Crippen molar-refractivity contribution in [2.75, 3.05) is 37.2 Å². The number of carbonyl (C=O) groups is 1. The lowest BCUT2D eigenvalue weighted by Gasteiger charge is -2.31. The highest BCUT2D eigenvalue weighted by Gasteiger charge is 2.31. The van der Waals surface area contributed by atoms with Gasteiger partial charge >= 0.3 is 0 Å². The highest BCUT2D eigenvalue weighted by atomic mass is 32.2. The Hall–Kier alpha value is -1.60. The highest BCUT2D eigenvalue weighted by Crippen LogP contribution is 2.25. The minimum Gasteiger partial charge on any atom is -0.354 e. The number of nitrogens with one attached hydrogen (secondary N) is 1. The maximum Gasteiger partial charge on any atom is 0.243 e. The molecular formula is C21H35N3O3S. The summed E-state index contributed by atoms with van der Waals surface area (Å²) in [6, 6.07) is 4.77. The molecule has 2 rings (SSSR count). The quantitative estimate of drug-likeness (QED) is 0.717. The van der Waals surface area contributed by atoms with Crippen molar-refractivity contribution in [1.82, 2.24) is 10.2 Å². The Bertz CT molecular complexity index is 771. The summed E-state index contributed by atoms with van der Waals surface area (Å²) >= 11 is 0. The summed E-state index contributed by atoms with van der Waals surface area (Å²) in [5.74, 6) is 0.404. The lowest BCUT2D eigenvalue weighted by atomic mass is 9.94. The molecule has 158 valence electrons. The summed E-state index contributed by atoms with van der Waals surface area (Å²) in [7, 11) is -1.45. The van der Waals surface area contributed by atoms with E-state index < -0.39 is 16.1 Å². The molecule has 7 heteroatoms. The van der Waals surface area contributed by atoms with Gasteiger partial charge in [-0.05, 0) is 88.8 Å². The number of rotatable bonds is 8. The van der Waals surface area contributed by atoms with Crippen LogP contribution < -0.4 is 9.62 Å². The van der Waals surface area contributed by atoms with Gasteiger partial charge in [0, 0.05) is 6.54 Å². The second-order valence-corrected chi connectivity index (χ2v) is 9.94. The predicted octanol–water partition coefficient (Wildman–Crippen LogP) is 2.70. The Kier molecular flexibility index (Phi) is 7.89. The maximum absolute atomic E-state index is 12.9. The Labute approximate surface area is 170 Å². The van der Waals surface area contributed by atoms with Crippen molar-refractivity contribution in [1.29, 1.82) is 0 Å². The fraction of sp³-hybridized carbons (Fsp3) is 0.667. The molecule has 0 spiro atoms. The molecule has 1 amide bonds. The maximum atomic E-state index is 12.9. The van der Waals surface area contributed by atoms with Crippen LogP contribution in [0.4, 0.5) is 5.69 Å². The second-order valence-electron chi connectivity index (χ2n) is 8.08. The lowest BCUT2D eigenvalue weighted by Crippen LogP contribution is -2.49. The van der Waals surface area contributed by atoms with Crippen molar-refractivity contribution in [3.05, 3.63) is 29.3 Å². The molecule has 0 bridgehead atoms. The molecule has 1 N–H and O–H groups in total. The number of nitrogens with zero attached hydrogens (tertiary/aromatic N) is 2. The summed E-state index contributed by atoms with van der Waals surface area (Å²) < 4.78 is 26.3. The van der Waals surface area contributed by atoms with Gasteiger partial charge in [-0.3, -0.25) is 9.10 Å². The van der Waals surface area contributed by atoms with Gasteiger partial charge in [0.2, 0.25) is 15.9 Å². The lowest BCUT2D eigenvalue weighted by molar-refractivity contribution is -0.122. The molecule has 1 aromatic rings. The molecule has 1 unspecified atom stereocenters. The first kappa shape index (κ1) is 22.7. The van der Waals surface area contributed by atoms with Crippen LogP contribution in [0.5, 0.6) is 0 Å². The van der Waals surface area contributed by atoms with Gasteiger partial charge in [-0.15, -0.1) is 0 Å². The Morgan fingerprint density at radius 2 is 1.89 bits per heavy atom. The number of aryl methyl sites for hydroxylation is 2. The number of benzene rings is 1. The van der Waals surface area contributed by atoms with Crippen LogP contribution in [0.15, 0.2) is 18.2 Å². The molecule has 1 fully saturated rings. The minimum absolute atomic E-state index is 0.223. The number of likely N-dealkylation sites (tertiary alicyclic amines) is 1. The fourth-order valence-electron chi connectivity index (χ4n) is 3.79. The summed E-state index contributed by atoms with van der Waals surface area (Å²) in [5.41, 5.74) is 2.64. The predicted molar refractivity (Wildman–Crippen MR) is 115 cm³/mol. The molecule has 1 heterocycles. The molecule has 0 aromatic heterocycles. The van der Waals surface area contributed by atoms with E-state index in [1.54, 1.807) is 6.07 Å². The van der Waals surface area contributed by atoms with Crippen LogP contribution in [0.3, 0.4) is 0 Å². The average Bonchev–Trinajstić information content (AvgIpc) is 2.62. The van der Waals surface area contributed by atoms with E-state index in [0.717, 1.165) is 49.7 Å². The zero-order valence-electron chi connectivity index (χ0n) is 17.9. The van der Waals surface area contributed by atoms with Crippen LogP contribution in [0.2, 0.25) is 0 Å². The van der Waals surface area contributed by atoms with Gasteiger partial charge in [0.25, 0.3) is 0 Å². The van der Waals surface area contributed by atoms with Gasteiger partial charge in [0.05, 0.1) is 11.9 Å². The molecule has 1 aliphatic heterocycles. The number of sulfonamides is 1. The van der Waals surface area contributed by atoms with E-state index in [0.29, 0.717) is 24.6 Å². The first-order valence-corrected chi connectivity index (χ1v) is 12.0. The monoisotopic (exact) mass is 409 g/mol. The summed E-state index contributed by atoms with van der Waals surface area (Å²) in [6.07, 6.45) is 4.83. The van der Waals surface area contributed by atoms with Gasteiger partial charge in [-0.25, -0.2) is 8.42 Å². The Balaban J connectivity index is 2.07. The van der Waals surface area contributed by atoms with Crippen LogP contribution in [-0.4, -0.2) is 58.2 Å². The molecule has 0 radical (unpaired) electrons. The van der Waals surface area contributed by atoms with Gasteiger partial charge in [0.1, 0.15) is 6.04 Å². The number of piperidine rings is 1. The van der Waals surface area contributed by atoms with Crippen molar-refractivity contribution in [3.63, 3.8) is 0 Å². The normalized spacial score (nSPS) is 17.3. The number of carbonyl (C=O) groups excluding carboxylic acids is 1. The molecule has 0 aliphatic carbocycles. The zero-order chi connectivity index (χ0) is 20.9. The Morgan fingerprint density at radius 3 is 2.43 bits per heavy atom. The van der Waals surface area contributed by atoms with Gasteiger partial charge in [-0.2, -0.15) is 0 Å². The van der Waals surface area contributed by atoms with Crippen LogP contribution in [-0.2, 0) is 14.8 Å². The summed E-state index contributed by atoms with van der Waals surface area (Å²) in [4.78, 5) is 15.2. The topological polar surface area (TPSA) is 69.7 Å². The van der Waals surface area contributed by atoms with Crippen molar-refractivity contribution < 1.29 is 13.2 Å². The van der Waals surface area contributed by atoms with Crippen molar-refractivity contribution >= 4 is 21.6 Å². The standard InChI is InChI=1S/C21H35N3O3S/c1-6-20(21(25)22-12-9-18-10-13-23(4)14-11-18)24(28(5,26)27)19-8-7-16(2)17(3)15-19/h7-8,15,18,20H,6,9-14H2,1-5H3,(H,22,25). The molecule has 1 aliphatic rings. The summed E-state index contributed by atoms with van der Waals surface area (Å²) in [5, 5.41) is 2.98. The molecule has 28 heavy (non-hydrogen) atoms. The SMILES string of the molecule is CCC(C(=O)NCCC1CCN(C)CC1)N(c1ccc(C)c(C)c1)S(C)(=O)=O. The number of hydrogen-bond donors (Lipinski definition) is 1. The van der Waals surface area contributed by atoms with E-state index in [-0.39, 0.29) is 5.91 Å². The number of anilines is 1. The highest BCUT2D eigenvalue weighted by molar-refractivity contribution is 7.92. The van der Waals surface area contributed by atoms with Gasteiger partial charge in [-0.1, -0.05) is 13.0 Å². The van der Waals surface area contributed by atoms with Crippen LogP contribution >= 0.6 is 0 Å². The van der Waals surface area contributed by atoms with Crippen molar-refractivity contribution in [3.8, 4) is 0 Å². The van der Waals surface area contributed by atoms with Crippen LogP contribution in [0, 0.1) is 19.8 Å². The van der Waals surface area contributed by atoms with E-state index in [2.05, 4.69) is 17.3 Å². The average molecular weight is 410 g/mol. The van der Waals surface area contributed by atoms with Crippen LogP contribution in [0.1, 0.15) is 43.7 Å². The number of hydrogen-bond acceptors (Lipinski definition) is 4. The third-order valence-electron chi connectivity index (χ3n) is 5.76. The zero-order valence-corrected chi connectivity index (χ0v) is 18.7. The summed E-state index contributed by atoms with van der Waals surface area (Å²) in [6.45, 7) is 8.57.